The lowest BCUT2D eigenvalue weighted by molar-refractivity contribution is 0.0921. The van der Waals surface area contributed by atoms with Gasteiger partial charge < -0.3 is 10.5 Å². The fourth-order valence-electron chi connectivity index (χ4n) is 1.43. The van der Waals surface area contributed by atoms with Crippen molar-refractivity contribution in [3.63, 3.8) is 0 Å². The predicted molar refractivity (Wildman–Crippen MR) is 74.8 cm³/mol. The molecule has 92 valence electrons. The molecule has 0 atom stereocenters. The monoisotopic (exact) mass is 305 g/mol. The van der Waals surface area contributed by atoms with Crippen LogP contribution in [-0.2, 0) is 0 Å². The maximum Gasteiger partial charge on any atom is 0.200 e. The molecule has 0 amide bonds. The molecule has 2 aromatic rings. The van der Waals surface area contributed by atoms with Gasteiger partial charge in [-0.05, 0) is 36.4 Å². The van der Waals surface area contributed by atoms with Crippen molar-refractivity contribution in [2.75, 3.05) is 12.3 Å². The summed E-state index contributed by atoms with van der Waals surface area (Å²) in [6.45, 7) is 0.0194. The second kappa shape index (κ2) is 5.69. The second-order valence-electron chi connectivity index (χ2n) is 3.79. The van der Waals surface area contributed by atoms with Crippen molar-refractivity contribution >= 4 is 27.4 Å². The van der Waals surface area contributed by atoms with Crippen molar-refractivity contribution < 1.29 is 9.53 Å². The normalized spacial score (nSPS) is 10.1. The minimum absolute atomic E-state index is 0.0194. The van der Waals surface area contributed by atoms with Gasteiger partial charge in [-0.25, -0.2) is 0 Å². The van der Waals surface area contributed by atoms with E-state index in [9.17, 15) is 4.79 Å². The highest BCUT2D eigenvalue weighted by Gasteiger charge is 2.06. The molecule has 0 heterocycles. The summed E-state index contributed by atoms with van der Waals surface area (Å²) in [5, 5.41) is 0. The molecule has 18 heavy (non-hydrogen) atoms. The Hall–Kier alpha value is -1.81. The van der Waals surface area contributed by atoms with Gasteiger partial charge in [0.05, 0.1) is 0 Å². The van der Waals surface area contributed by atoms with Crippen LogP contribution in [0.3, 0.4) is 0 Å². The number of nitrogen functional groups attached to an aromatic ring is 1. The molecule has 0 aliphatic heterocycles. The SMILES string of the molecule is Nc1ccc(OCC(=O)c2ccc(Br)cc2)cc1. The van der Waals surface area contributed by atoms with E-state index in [1.54, 1.807) is 36.4 Å². The molecule has 3 nitrogen and oxygen atoms in total. The Kier molecular flexibility index (Phi) is 3.99. The standard InChI is InChI=1S/C14H12BrNO2/c15-11-3-1-10(2-4-11)14(17)9-18-13-7-5-12(16)6-8-13/h1-8H,9,16H2. The first kappa shape index (κ1) is 12.6. The van der Waals surface area contributed by atoms with Crippen molar-refractivity contribution in [2.45, 2.75) is 0 Å². The molecule has 0 aliphatic carbocycles. The van der Waals surface area contributed by atoms with E-state index < -0.39 is 0 Å². The van der Waals surface area contributed by atoms with E-state index in [0.717, 1.165) is 4.47 Å². The third-order valence-corrected chi connectivity index (χ3v) is 2.94. The number of hydrogen-bond acceptors (Lipinski definition) is 3. The number of benzene rings is 2. The minimum Gasteiger partial charge on any atom is -0.485 e. The Morgan fingerprint density at radius 3 is 2.28 bits per heavy atom. The van der Waals surface area contributed by atoms with E-state index >= 15 is 0 Å². The molecule has 4 heteroatoms. The molecule has 2 N–H and O–H groups in total. The zero-order valence-electron chi connectivity index (χ0n) is 9.60. The molecular weight excluding hydrogens is 294 g/mol. The van der Waals surface area contributed by atoms with Crippen LogP contribution in [0.2, 0.25) is 0 Å². The Bertz CT molecular complexity index is 535. The van der Waals surface area contributed by atoms with Crippen molar-refractivity contribution in [1.82, 2.24) is 0 Å². The average molecular weight is 306 g/mol. The van der Waals surface area contributed by atoms with Crippen LogP contribution >= 0.6 is 15.9 Å². The van der Waals surface area contributed by atoms with Gasteiger partial charge in [0.25, 0.3) is 0 Å². The maximum atomic E-state index is 11.8. The molecule has 0 saturated carbocycles. The highest BCUT2D eigenvalue weighted by molar-refractivity contribution is 9.10. The van der Waals surface area contributed by atoms with Crippen LogP contribution in [0.5, 0.6) is 5.75 Å². The molecule has 0 bridgehead atoms. The van der Waals surface area contributed by atoms with Gasteiger partial charge in [-0.15, -0.1) is 0 Å². The molecule has 0 aliphatic rings. The Balaban J connectivity index is 1.96. The first-order valence-corrected chi connectivity index (χ1v) is 6.21. The van der Waals surface area contributed by atoms with E-state index in [-0.39, 0.29) is 12.4 Å². The smallest absolute Gasteiger partial charge is 0.200 e. The molecule has 0 saturated heterocycles. The second-order valence-corrected chi connectivity index (χ2v) is 4.70. The number of halogens is 1. The summed E-state index contributed by atoms with van der Waals surface area (Å²) in [6.07, 6.45) is 0. The fraction of sp³-hybridized carbons (Fsp3) is 0.0714. The molecule has 0 aromatic heterocycles. The molecule has 0 radical (unpaired) electrons. The molecule has 2 aromatic carbocycles. The van der Waals surface area contributed by atoms with Gasteiger partial charge in [0.2, 0.25) is 0 Å². The van der Waals surface area contributed by atoms with Crippen LogP contribution in [0, 0.1) is 0 Å². The predicted octanol–water partition coefficient (Wildman–Crippen LogP) is 3.29. The Labute approximate surface area is 114 Å². The molecule has 0 unspecified atom stereocenters. The summed E-state index contributed by atoms with van der Waals surface area (Å²) in [6, 6.07) is 14.1. The molecule has 0 fully saturated rings. The summed E-state index contributed by atoms with van der Waals surface area (Å²) in [5.41, 5.74) is 6.86. The number of carbonyl (C=O) groups excluding carboxylic acids is 1. The number of ketones is 1. The minimum atomic E-state index is -0.0562. The van der Waals surface area contributed by atoms with Crippen LogP contribution in [0.25, 0.3) is 0 Å². The maximum absolute atomic E-state index is 11.8. The van der Waals surface area contributed by atoms with Crippen LogP contribution < -0.4 is 10.5 Å². The van der Waals surface area contributed by atoms with E-state index in [2.05, 4.69) is 15.9 Å². The first-order chi connectivity index (χ1) is 8.65. The number of ether oxygens (including phenoxy) is 1. The average Bonchev–Trinajstić information content (AvgIpc) is 2.38. The number of rotatable bonds is 4. The molecule has 2 rings (SSSR count). The topological polar surface area (TPSA) is 52.3 Å². The summed E-state index contributed by atoms with van der Waals surface area (Å²) >= 11 is 3.32. The van der Waals surface area contributed by atoms with Gasteiger partial charge in [0.1, 0.15) is 5.75 Å². The van der Waals surface area contributed by atoms with Crippen LogP contribution in [0.1, 0.15) is 10.4 Å². The summed E-state index contributed by atoms with van der Waals surface area (Å²) in [5.74, 6) is 0.578. The van der Waals surface area contributed by atoms with Gasteiger partial charge >= 0.3 is 0 Å². The van der Waals surface area contributed by atoms with Gasteiger partial charge in [-0.1, -0.05) is 28.1 Å². The van der Waals surface area contributed by atoms with Crippen molar-refractivity contribution in [1.29, 1.82) is 0 Å². The zero-order chi connectivity index (χ0) is 13.0. The summed E-state index contributed by atoms with van der Waals surface area (Å²) in [7, 11) is 0. The van der Waals surface area contributed by atoms with E-state index in [0.29, 0.717) is 17.0 Å². The number of hydrogen-bond donors (Lipinski definition) is 1. The molecule has 0 spiro atoms. The van der Waals surface area contributed by atoms with E-state index in [1.165, 1.54) is 0 Å². The van der Waals surface area contributed by atoms with Gasteiger partial charge in [-0.2, -0.15) is 0 Å². The lowest BCUT2D eigenvalue weighted by Gasteiger charge is -2.05. The van der Waals surface area contributed by atoms with Crippen molar-refractivity contribution in [3.05, 3.63) is 58.6 Å². The van der Waals surface area contributed by atoms with Gasteiger partial charge in [-0.3, -0.25) is 4.79 Å². The van der Waals surface area contributed by atoms with Crippen LogP contribution in [0.15, 0.2) is 53.0 Å². The zero-order valence-corrected chi connectivity index (χ0v) is 11.2. The van der Waals surface area contributed by atoms with Gasteiger partial charge in [0.15, 0.2) is 12.4 Å². The molecular formula is C14H12BrNO2. The lowest BCUT2D eigenvalue weighted by atomic mass is 10.1. The van der Waals surface area contributed by atoms with Crippen molar-refractivity contribution in [2.24, 2.45) is 0 Å². The third kappa shape index (κ3) is 3.34. The highest BCUT2D eigenvalue weighted by atomic mass is 79.9. The number of carbonyl (C=O) groups is 1. The van der Waals surface area contributed by atoms with Crippen LogP contribution in [0.4, 0.5) is 5.69 Å². The number of nitrogens with two attached hydrogens (primary N) is 1. The van der Waals surface area contributed by atoms with Crippen molar-refractivity contribution in [3.8, 4) is 5.75 Å². The quantitative estimate of drug-likeness (QED) is 0.696. The lowest BCUT2D eigenvalue weighted by Crippen LogP contribution is -2.11. The van der Waals surface area contributed by atoms with E-state index in [4.69, 9.17) is 10.5 Å². The Morgan fingerprint density at radius 2 is 1.67 bits per heavy atom. The Morgan fingerprint density at radius 1 is 1.06 bits per heavy atom. The largest absolute Gasteiger partial charge is 0.485 e. The fourth-order valence-corrected chi connectivity index (χ4v) is 1.70. The summed E-state index contributed by atoms with van der Waals surface area (Å²) < 4.78 is 6.33. The van der Waals surface area contributed by atoms with Crippen LogP contribution in [-0.4, -0.2) is 12.4 Å². The number of Topliss-reactive ketones (excluding diaryl/α,β-unsaturated/α-hetero) is 1. The van der Waals surface area contributed by atoms with E-state index in [1.807, 2.05) is 12.1 Å². The summed E-state index contributed by atoms with van der Waals surface area (Å²) in [4.78, 5) is 11.8. The highest BCUT2D eigenvalue weighted by Crippen LogP contribution is 2.14. The first-order valence-electron chi connectivity index (χ1n) is 5.42. The number of anilines is 1. The third-order valence-electron chi connectivity index (χ3n) is 2.42. The van der Waals surface area contributed by atoms with Gasteiger partial charge in [0, 0.05) is 15.7 Å².